The van der Waals surface area contributed by atoms with Gasteiger partial charge in [-0.05, 0) is 33.8 Å². The van der Waals surface area contributed by atoms with Gasteiger partial charge in [0.2, 0.25) is 0 Å². The number of hydrogen-bond donors (Lipinski definition) is 1. The molecule has 0 aliphatic heterocycles. The van der Waals surface area contributed by atoms with E-state index in [2.05, 4.69) is 0 Å². The fourth-order valence-electron chi connectivity index (χ4n) is 1.96. The summed E-state index contributed by atoms with van der Waals surface area (Å²) >= 11 is 5.91. The SMILES string of the molecule is CCN(C(=O)c1cc(Cl)cn1CC)C(C)(C)C(=O)O. The van der Waals surface area contributed by atoms with Gasteiger partial charge in [0.25, 0.3) is 5.91 Å². The molecular weight excluding hydrogens is 268 g/mol. The third-order valence-corrected chi connectivity index (χ3v) is 3.39. The van der Waals surface area contributed by atoms with Crippen LogP contribution in [0.4, 0.5) is 0 Å². The van der Waals surface area contributed by atoms with Crippen molar-refractivity contribution in [1.82, 2.24) is 9.47 Å². The molecule has 19 heavy (non-hydrogen) atoms. The summed E-state index contributed by atoms with van der Waals surface area (Å²) in [7, 11) is 0. The number of nitrogens with zero attached hydrogens (tertiary/aromatic N) is 2. The van der Waals surface area contributed by atoms with Gasteiger partial charge in [-0.15, -0.1) is 0 Å². The summed E-state index contributed by atoms with van der Waals surface area (Å²) in [6.07, 6.45) is 1.66. The average molecular weight is 287 g/mol. The predicted octanol–water partition coefficient (Wildman–Crippen LogP) is 2.49. The number of rotatable bonds is 5. The van der Waals surface area contributed by atoms with E-state index in [9.17, 15) is 14.7 Å². The Hall–Kier alpha value is -1.49. The Morgan fingerprint density at radius 1 is 1.42 bits per heavy atom. The van der Waals surface area contributed by atoms with Gasteiger partial charge in [-0.1, -0.05) is 11.6 Å². The van der Waals surface area contributed by atoms with Crippen molar-refractivity contribution in [1.29, 1.82) is 0 Å². The molecule has 0 bridgehead atoms. The monoisotopic (exact) mass is 286 g/mol. The summed E-state index contributed by atoms with van der Waals surface area (Å²) in [5.41, 5.74) is -0.857. The van der Waals surface area contributed by atoms with Gasteiger partial charge in [-0.25, -0.2) is 4.79 Å². The number of carbonyl (C=O) groups is 2. The number of carbonyl (C=O) groups excluding carboxylic acids is 1. The normalized spacial score (nSPS) is 11.4. The number of carboxylic acids is 1. The maximum absolute atomic E-state index is 12.5. The van der Waals surface area contributed by atoms with Crippen LogP contribution in [-0.4, -0.2) is 38.5 Å². The van der Waals surface area contributed by atoms with Crippen LogP contribution in [0.15, 0.2) is 12.3 Å². The van der Waals surface area contributed by atoms with Crippen LogP contribution in [0, 0.1) is 0 Å². The molecule has 0 aromatic carbocycles. The van der Waals surface area contributed by atoms with Crippen LogP contribution < -0.4 is 0 Å². The molecule has 1 N–H and O–H groups in total. The zero-order valence-corrected chi connectivity index (χ0v) is 12.4. The first-order valence-electron chi connectivity index (χ1n) is 6.16. The van der Waals surface area contributed by atoms with Gasteiger partial charge < -0.3 is 14.6 Å². The number of halogens is 1. The smallest absolute Gasteiger partial charge is 0.329 e. The second-order valence-electron chi connectivity index (χ2n) is 4.74. The van der Waals surface area contributed by atoms with Crippen molar-refractivity contribution in [2.45, 2.75) is 39.8 Å². The number of aromatic nitrogens is 1. The van der Waals surface area contributed by atoms with E-state index in [0.29, 0.717) is 23.8 Å². The molecule has 0 saturated carbocycles. The molecule has 1 rings (SSSR count). The molecule has 6 heteroatoms. The summed E-state index contributed by atoms with van der Waals surface area (Å²) in [5, 5.41) is 9.71. The number of likely N-dealkylation sites (N-methyl/N-ethyl adjacent to an activating group) is 1. The van der Waals surface area contributed by atoms with Crippen molar-refractivity contribution in [3.05, 3.63) is 23.0 Å². The van der Waals surface area contributed by atoms with E-state index >= 15 is 0 Å². The van der Waals surface area contributed by atoms with Gasteiger partial charge in [-0.3, -0.25) is 4.79 Å². The van der Waals surface area contributed by atoms with E-state index in [0.717, 1.165) is 0 Å². The third kappa shape index (κ3) is 2.92. The average Bonchev–Trinajstić information content (AvgIpc) is 2.70. The van der Waals surface area contributed by atoms with Crippen molar-refractivity contribution >= 4 is 23.5 Å². The highest BCUT2D eigenvalue weighted by atomic mass is 35.5. The molecule has 0 radical (unpaired) electrons. The molecule has 0 unspecified atom stereocenters. The van der Waals surface area contributed by atoms with E-state index in [1.807, 2.05) is 6.92 Å². The zero-order valence-electron chi connectivity index (χ0n) is 11.6. The maximum atomic E-state index is 12.5. The van der Waals surface area contributed by atoms with Gasteiger partial charge in [-0.2, -0.15) is 0 Å². The van der Waals surface area contributed by atoms with Crippen molar-refractivity contribution in [2.75, 3.05) is 6.54 Å². The second-order valence-corrected chi connectivity index (χ2v) is 5.18. The lowest BCUT2D eigenvalue weighted by molar-refractivity contribution is -0.147. The Bertz CT molecular complexity index is 494. The summed E-state index contributed by atoms with van der Waals surface area (Å²) in [6, 6.07) is 1.56. The lowest BCUT2D eigenvalue weighted by Gasteiger charge is -2.34. The fourth-order valence-corrected chi connectivity index (χ4v) is 2.18. The molecule has 0 saturated heterocycles. The van der Waals surface area contributed by atoms with Gasteiger partial charge in [0, 0.05) is 19.3 Å². The molecule has 106 valence electrons. The van der Waals surface area contributed by atoms with Gasteiger partial charge in [0.1, 0.15) is 11.2 Å². The number of hydrogen-bond acceptors (Lipinski definition) is 2. The maximum Gasteiger partial charge on any atom is 0.329 e. The topological polar surface area (TPSA) is 62.5 Å². The van der Waals surface area contributed by atoms with E-state index in [1.165, 1.54) is 18.7 Å². The minimum atomic E-state index is -1.26. The predicted molar refractivity (Wildman–Crippen MR) is 73.5 cm³/mol. The first-order chi connectivity index (χ1) is 8.75. The quantitative estimate of drug-likeness (QED) is 0.904. The molecule has 0 fully saturated rings. The van der Waals surface area contributed by atoms with E-state index in [4.69, 9.17) is 11.6 Å². The Balaban J connectivity index is 3.19. The largest absolute Gasteiger partial charge is 0.480 e. The van der Waals surface area contributed by atoms with Crippen LogP contribution in [0.2, 0.25) is 5.02 Å². The van der Waals surface area contributed by atoms with Crippen LogP contribution in [-0.2, 0) is 11.3 Å². The lowest BCUT2D eigenvalue weighted by atomic mass is 10.0. The Labute approximate surface area is 117 Å². The number of aryl methyl sites for hydroxylation is 1. The molecule has 0 spiro atoms. The number of aliphatic carboxylic acids is 1. The van der Waals surface area contributed by atoms with Crippen molar-refractivity contribution in [2.24, 2.45) is 0 Å². The minimum absolute atomic E-state index is 0.310. The Kier molecular flexibility index (Phi) is 4.63. The molecule has 1 aromatic heterocycles. The number of amides is 1. The first kappa shape index (κ1) is 15.6. The lowest BCUT2D eigenvalue weighted by Crippen LogP contribution is -2.53. The summed E-state index contributed by atoms with van der Waals surface area (Å²) in [4.78, 5) is 25.1. The molecule has 0 aliphatic carbocycles. The molecule has 1 heterocycles. The highest BCUT2D eigenvalue weighted by molar-refractivity contribution is 6.31. The summed E-state index contributed by atoms with van der Waals surface area (Å²) in [5.74, 6) is -1.37. The van der Waals surface area contributed by atoms with Crippen molar-refractivity contribution in [3.63, 3.8) is 0 Å². The van der Waals surface area contributed by atoms with Crippen LogP contribution in [0.5, 0.6) is 0 Å². The van der Waals surface area contributed by atoms with E-state index in [-0.39, 0.29) is 5.91 Å². The highest BCUT2D eigenvalue weighted by Crippen LogP contribution is 2.21. The van der Waals surface area contributed by atoms with Crippen LogP contribution in [0.25, 0.3) is 0 Å². The van der Waals surface area contributed by atoms with Crippen molar-refractivity contribution < 1.29 is 14.7 Å². The summed E-state index contributed by atoms with van der Waals surface area (Å²) < 4.78 is 1.71. The van der Waals surface area contributed by atoms with Crippen molar-refractivity contribution in [3.8, 4) is 0 Å². The standard InChI is InChI=1S/C13H19ClN2O3/c1-5-15-8-9(14)7-10(15)11(17)16(6-2)13(3,4)12(18)19/h7-8H,5-6H2,1-4H3,(H,18,19). The van der Waals surface area contributed by atoms with Gasteiger partial charge in [0.05, 0.1) is 5.02 Å². The van der Waals surface area contributed by atoms with E-state index in [1.54, 1.807) is 23.8 Å². The number of carboxylic acid groups (broad SMARTS) is 1. The molecule has 5 nitrogen and oxygen atoms in total. The Morgan fingerprint density at radius 2 is 2.00 bits per heavy atom. The zero-order chi connectivity index (χ0) is 14.8. The van der Waals surface area contributed by atoms with Crippen LogP contribution in [0.3, 0.4) is 0 Å². The third-order valence-electron chi connectivity index (χ3n) is 3.18. The Morgan fingerprint density at radius 3 is 2.42 bits per heavy atom. The fraction of sp³-hybridized carbons (Fsp3) is 0.538. The molecule has 1 amide bonds. The van der Waals surface area contributed by atoms with Gasteiger partial charge >= 0.3 is 5.97 Å². The van der Waals surface area contributed by atoms with Gasteiger partial charge in [0.15, 0.2) is 0 Å². The first-order valence-corrected chi connectivity index (χ1v) is 6.54. The van der Waals surface area contributed by atoms with Crippen LogP contribution >= 0.6 is 11.6 Å². The second kappa shape index (κ2) is 5.65. The van der Waals surface area contributed by atoms with Crippen LogP contribution in [0.1, 0.15) is 38.2 Å². The molecule has 0 aliphatic rings. The molecule has 0 atom stereocenters. The highest BCUT2D eigenvalue weighted by Gasteiger charge is 2.38. The minimum Gasteiger partial charge on any atom is -0.480 e. The molecular formula is C13H19ClN2O3. The summed E-state index contributed by atoms with van der Waals surface area (Å²) in [6.45, 7) is 7.58. The molecule has 1 aromatic rings. The van der Waals surface area contributed by atoms with E-state index < -0.39 is 11.5 Å².